The molecule has 1 fully saturated rings. The Labute approximate surface area is 127 Å². The molecule has 0 radical (unpaired) electrons. The van der Waals surface area contributed by atoms with Crippen LogP contribution < -0.4 is 4.74 Å². The Morgan fingerprint density at radius 2 is 2.21 bits per heavy atom. The van der Waals surface area contributed by atoms with E-state index < -0.39 is 0 Å². The minimum atomic E-state index is 0.183. The first-order valence-electron chi connectivity index (χ1n) is 6.80. The summed E-state index contributed by atoms with van der Waals surface area (Å²) in [6, 6.07) is 4.09. The second-order valence-corrected chi connectivity index (χ2v) is 6.62. The van der Waals surface area contributed by atoms with E-state index in [4.69, 9.17) is 21.1 Å². The molecule has 0 bridgehead atoms. The molecule has 1 aromatic rings. The maximum absolute atomic E-state index is 6.24. The fraction of sp³-hybridized carbons (Fsp3) is 0.600. The predicted octanol–water partition coefficient (Wildman–Crippen LogP) is 4.01. The van der Waals surface area contributed by atoms with Crippen LogP contribution in [0.2, 0.25) is 5.02 Å². The van der Waals surface area contributed by atoms with E-state index in [1.807, 2.05) is 6.07 Å². The third kappa shape index (κ3) is 2.79. The van der Waals surface area contributed by atoms with Crippen molar-refractivity contribution in [2.75, 3.05) is 25.2 Å². The molecule has 0 aromatic heterocycles. The smallest absolute Gasteiger partial charge is 0.125 e. The van der Waals surface area contributed by atoms with Gasteiger partial charge in [-0.05, 0) is 42.5 Å². The molecule has 1 saturated heterocycles. The van der Waals surface area contributed by atoms with Crippen molar-refractivity contribution in [1.82, 2.24) is 0 Å². The molecule has 1 unspecified atom stereocenters. The normalized spacial score (nSPS) is 26.0. The largest absolute Gasteiger partial charge is 0.493 e. The minimum absolute atomic E-state index is 0.183. The number of halogens is 2. The van der Waals surface area contributed by atoms with Gasteiger partial charge in [-0.3, -0.25) is 0 Å². The molecular formula is C15H18BrClO2. The molecule has 19 heavy (non-hydrogen) atoms. The van der Waals surface area contributed by atoms with Crippen LogP contribution in [0.1, 0.15) is 24.0 Å². The van der Waals surface area contributed by atoms with E-state index in [1.54, 1.807) is 0 Å². The zero-order chi connectivity index (χ0) is 13.3. The van der Waals surface area contributed by atoms with E-state index in [1.165, 1.54) is 17.5 Å². The standard InChI is InChI=1S/C15H18BrClO2/c16-9-15(3-1-4-18-10-15)8-12-7-13(17)6-11-2-5-19-14(11)12/h6-7H,1-5,8-10H2. The lowest BCUT2D eigenvalue weighted by Gasteiger charge is -2.36. The second kappa shape index (κ2) is 5.63. The van der Waals surface area contributed by atoms with E-state index in [0.29, 0.717) is 0 Å². The number of ether oxygens (including phenoxy) is 2. The number of fused-ring (bicyclic) bond motifs is 1. The Morgan fingerprint density at radius 1 is 1.32 bits per heavy atom. The first-order valence-corrected chi connectivity index (χ1v) is 8.30. The number of hydrogen-bond acceptors (Lipinski definition) is 2. The molecule has 104 valence electrons. The summed E-state index contributed by atoms with van der Waals surface area (Å²) in [7, 11) is 0. The van der Waals surface area contributed by atoms with Crippen molar-refractivity contribution in [2.45, 2.75) is 25.7 Å². The van der Waals surface area contributed by atoms with Crippen LogP contribution in [0.15, 0.2) is 12.1 Å². The summed E-state index contributed by atoms with van der Waals surface area (Å²) >= 11 is 9.91. The van der Waals surface area contributed by atoms with Crippen LogP contribution in [-0.2, 0) is 17.6 Å². The second-order valence-electron chi connectivity index (χ2n) is 5.62. The van der Waals surface area contributed by atoms with Gasteiger partial charge in [0.05, 0.1) is 13.2 Å². The third-order valence-electron chi connectivity index (χ3n) is 4.08. The van der Waals surface area contributed by atoms with Crippen LogP contribution >= 0.6 is 27.5 Å². The summed E-state index contributed by atoms with van der Waals surface area (Å²) in [6.45, 7) is 2.49. The molecule has 0 aliphatic carbocycles. The van der Waals surface area contributed by atoms with Gasteiger partial charge in [-0.2, -0.15) is 0 Å². The summed E-state index contributed by atoms with van der Waals surface area (Å²) < 4.78 is 11.5. The van der Waals surface area contributed by atoms with Gasteiger partial charge >= 0.3 is 0 Å². The van der Waals surface area contributed by atoms with E-state index in [-0.39, 0.29) is 5.41 Å². The highest BCUT2D eigenvalue weighted by Gasteiger charge is 2.34. The van der Waals surface area contributed by atoms with Crippen molar-refractivity contribution in [3.05, 3.63) is 28.3 Å². The fourth-order valence-electron chi connectivity index (χ4n) is 3.08. The van der Waals surface area contributed by atoms with Crippen molar-refractivity contribution < 1.29 is 9.47 Å². The van der Waals surface area contributed by atoms with Gasteiger partial charge in [0, 0.05) is 28.8 Å². The molecule has 0 amide bonds. The van der Waals surface area contributed by atoms with Gasteiger partial charge in [-0.1, -0.05) is 27.5 Å². The average molecular weight is 346 g/mol. The van der Waals surface area contributed by atoms with Gasteiger partial charge in [-0.25, -0.2) is 0 Å². The van der Waals surface area contributed by atoms with E-state index in [2.05, 4.69) is 22.0 Å². The highest BCUT2D eigenvalue weighted by atomic mass is 79.9. The fourth-order valence-corrected chi connectivity index (χ4v) is 3.99. The molecule has 4 heteroatoms. The van der Waals surface area contributed by atoms with E-state index in [9.17, 15) is 0 Å². The van der Waals surface area contributed by atoms with Crippen molar-refractivity contribution in [3.8, 4) is 5.75 Å². The van der Waals surface area contributed by atoms with Crippen molar-refractivity contribution in [3.63, 3.8) is 0 Å². The Bertz CT molecular complexity index is 469. The molecule has 0 N–H and O–H groups in total. The maximum atomic E-state index is 6.24. The molecule has 1 atom stereocenters. The van der Waals surface area contributed by atoms with Crippen molar-refractivity contribution in [2.24, 2.45) is 5.41 Å². The Hall–Kier alpha value is -0.250. The lowest BCUT2D eigenvalue weighted by Crippen LogP contribution is -2.35. The van der Waals surface area contributed by atoms with Gasteiger partial charge in [0.1, 0.15) is 5.75 Å². The zero-order valence-corrected chi connectivity index (χ0v) is 13.2. The topological polar surface area (TPSA) is 18.5 Å². The van der Waals surface area contributed by atoms with E-state index in [0.717, 1.165) is 55.2 Å². The number of hydrogen-bond donors (Lipinski definition) is 0. The summed E-state index contributed by atoms with van der Waals surface area (Å²) in [4.78, 5) is 0. The highest BCUT2D eigenvalue weighted by Crippen LogP contribution is 2.40. The van der Waals surface area contributed by atoms with Gasteiger partial charge in [0.2, 0.25) is 0 Å². The molecule has 2 aliphatic heterocycles. The SMILES string of the molecule is Clc1cc2c(c(CC3(CBr)CCCOC3)c1)OCC2. The molecule has 3 rings (SSSR count). The molecule has 0 spiro atoms. The molecule has 2 nitrogen and oxygen atoms in total. The minimum Gasteiger partial charge on any atom is -0.493 e. The van der Waals surface area contributed by atoms with E-state index >= 15 is 0 Å². The van der Waals surface area contributed by atoms with Gasteiger partial charge < -0.3 is 9.47 Å². The first kappa shape index (κ1) is 13.7. The number of benzene rings is 1. The maximum Gasteiger partial charge on any atom is 0.125 e. The molecule has 2 heterocycles. The lowest BCUT2D eigenvalue weighted by atomic mass is 9.78. The quantitative estimate of drug-likeness (QED) is 0.771. The molecular weight excluding hydrogens is 328 g/mol. The van der Waals surface area contributed by atoms with Gasteiger partial charge in [0.15, 0.2) is 0 Å². The van der Waals surface area contributed by atoms with Crippen LogP contribution in [0.4, 0.5) is 0 Å². The summed E-state index contributed by atoms with van der Waals surface area (Å²) in [5.74, 6) is 1.07. The zero-order valence-electron chi connectivity index (χ0n) is 10.9. The van der Waals surface area contributed by atoms with Crippen LogP contribution in [0.5, 0.6) is 5.75 Å². The molecule has 2 aliphatic rings. The van der Waals surface area contributed by atoms with Crippen LogP contribution in [0, 0.1) is 5.41 Å². The van der Waals surface area contributed by atoms with Gasteiger partial charge in [-0.15, -0.1) is 0 Å². The predicted molar refractivity (Wildman–Crippen MR) is 80.6 cm³/mol. The van der Waals surface area contributed by atoms with Crippen LogP contribution in [0.25, 0.3) is 0 Å². The number of rotatable bonds is 3. The first-order chi connectivity index (χ1) is 9.22. The van der Waals surface area contributed by atoms with Crippen molar-refractivity contribution >= 4 is 27.5 Å². The summed E-state index contributed by atoms with van der Waals surface area (Å²) in [5.41, 5.74) is 2.68. The Morgan fingerprint density at radius 3 is 2.95 bits per heavy atom. The number of alkyl halides is 1. The third-order valence-corrected chi connectivity index (χ3v) is 5.49. The Balaban J connectivity index is 1.90. The summed E-state index contributed by atoms with van der Waals surface area (Å²) in [6.07, 6.45) is 4.27. The van der Waals surface area contributed by atoms with Crippen LogP contribution in [0.3, 0.4) is 0 Å². The van der Waals surface area contributed by atoms with Crippen LogP contribution in [-0.4, -0.2) is 25.2 Å². The lowest BCUT2D eigenvalue weighted by molar-refractivity contribution is 0.00591. The molecule has 0 saturated carbocycles. The average Bonchev–Trinajstić information content (AvgIpc) is 2.88. The van der Waals surface area contributed by atoms with Gasteiger partial charge in [0.25, 0.3) is 0 Å². The highest BCUT2D eigenvalue weighted by molar-refractivity contribution is 9.09. The Kier molecular flexibility index (Phi) is 4.06. The summed E-state index contributed by atoms with van der Waals surface area (Å²) in [5, 5.41) is 1.78. The monoisotopic (exact) mass is 344 g/mol. The molecule has 1 aromatic carbocycles. The van der Waals surface area contributed by atoms with Crippen molar-refractivity contribution in [1.29, 1.82) is 0 Å².